The Morgan fingerprint density at radius 3 is 3.05 bits per heavy atom. The summed E-state index contributed by atoms with van der Waals surface area (Å²) in [7, 11) is 0. The quantitative estimate of drug-likeness (QED) is 0.657. The van der Waals surface area contributed by atoms with E-state index in [1.165, 1.54) is 16.7 Å². The molecule has 0 saturated carbocycles. The van der Waals surface area contributed by atoms with Crippen molar-refractivity contribution >= 4 is 11.3 Å². The molecule has 0 saturated heterocycles. The zero-order valence-electron chi connectivity index (χ0n) is 11.4. The van der Waals surface area contributed by atoms with Crippen molar-refractivity contribution in [2.75, 3.05) is 6.61 Å². The number of hydrogen-bond donors (Lipinski definition) is 2. The Morgan fingerprint density at radius 1 is 1.35 bits per heavy atom. The van der Waals surface area contributed by atoms with Gasteiger partial charge in [-0.05, 0) is 52.8 Å². The summed E-state index contributed by atoms with van der Waals surface area (Å²) in [5.41, 5.74) is 7.00. The minimum absolute atomic E-state index is 0.0589. The summed E-state index contributed by atoms with van der Waals surface area (Å²) >= 11 is 1.74. The third-order valence-corrected chi connectivity index (χ3v) is 4.67. The zero-order valence-corrected chi connectivity index (χ0v) is 12.2. The summed E-state index contributed by atoms with van der Waals surface area (Å²) in [6, 6.07) is 10.8. The fraction of sp³-hybridized carbons (Fsp3) is 0.375. The summed E-state index contributed by atoms with van der Waals surface area (Å²) in [5.74, 6) is 5.77. The van der Waals surface area contributed by atoms with Crippen LogP contribution in [0.4, 0.5) is 0 Å². The van der Waals surface area contributed by atoms with E-state index in [0.717, 1.165) is 25.9 Å². The van der Waals surface area contributed by atoms with Crippen molar-refractivity contribution in [3.63, 3.8) is 0 Å². The Bertz CT molecular complexity index is 541. The molecule has 2 atom stereocenters. The Labute approximate surface area is 123 Å². The van der Waals surface area contributed by atoms with Crippen LogP contribution in [0.15, 0.2) is 41.1 Å². The minimum Gasteiger partial charge on any atom is -0.371 e. The average Bonchev–Trinajstić information content (AvgIpc) is 3.01. The molecule has 1 aliphatic rings. The van der Waals surface area contributed by atoms with Gasteiger partial charge in [-0.3, -0.25) is 11.3 Å². The van der Waals surface area contributed by atoms with Gasteiger partial charge in [0.2, 0.25) is 0 Å². The van der Waals surface area contributed by atoms with Crippen molar-refractivity contribution in [2.45, 2.75) is 31.4 Å². The molecule has 0 amide bonds. The molecule has 0 aliphatic carbocycles. The molecule has 106 valence electrons. The van der Waals surface area contributed by atoms with Crippen molar-refractivity contribution in [2.24, 2.45) is 5.84 Å². The maximum absolute atomic E-state index is 5.99. The second-order valence-electron chi connectivity index (χ2n) is 5.18. The summed E-state index contributed by atoms with van der Waals surface area (Å²) < 4.78 is 5.99. The Morgan fingerprint density at radius 2 is 2.25 bits per heavy atom. The summed E-state index contributed by atoms with van der Waals surface area (Å²) in [6.45, 7) is 0.776. The van der Waals surface area contributed by atoms with Crippen LogP contribution in [0.5, 0.6) is 0 Å². The van der Waals surface area contributed by atoms with Crippen LogP contribution in [0.25, 0.3) is 0 Å². The molecule has 20 heavy (non-hydrogen) atoms. The lowest BCUT2D eigenvalue weighted by atomic mass is 9.91. The van der Waals surface area contributed by atoms with Gasteiger partial charge in [0.1, 0.15) is 0 Å². The van der Waals surface area contributed by atoms with Crippen molar-refractivity contribution in [3.05, 3.63) is 57.8 Å². The molecule has 3 rings (SSSR count). The van der Waals surface area contributed by atoms with Gasteiger partial charge in [-0.25, -0.2) is 0 Å². The first-order valence-electron chi connectivity index (χ1n) is 7.05. The van der Waals surface area contributed by atoms with Crippen LogP contribution < -0.4 is 11.3 Å². The molecule has 2 heterocycles. The van der Waals surface area contributed by atoms with Crippen LogP contribution in [0.1, 0.15) is 29.2 Å². The highest BCUT2D eigenvalue weighted by Gasteiger charge is 2.27. The molecular weight excluding hydrogens is 268 g/mol. The number of fused-ring (bicyclic) bond motifs is 1. The predicted molar refractivity (Wildman–Crippen MR) is 82.6 cm³/mol. The van der Waals surface area contributed by atoms with Gasteiger partial charge in [0.05, 0.1) is 18.8 Å². The summed E-state index contributed by atoms with van der Waals surface area (Å²) in [5, 5.41) is 4.32. The first-order chi connectivity index (χ1) is 9.88. The van der Waals surface area contributed by atoms with Gasteiger partial charge in [-0.1, -0.05) is 24.3 Å². The van der Waals surface area contributed by atoms with Crippen molar-refractivity contribution in [3.8, 4) is 0 Å². The average molecular weight is 288 g/mol. The normalized spacial score (nSPS) is 19.6. The molecule has 0 radical (unpaired) electrons. The second kappa shape index (κ2) is 6.50. The van der Waals surface area contributed by atoms with Crippen LogP contribution in [-0.2, 0) is 17.6 Å². The number of aryl methyl sites for hydroxylation is 1. The maximum atomic E-state index is 5.99. The fourth-order valence-electron chi connectivity index (χ4n) is 2.84. The van der Waals surface area contributed by atoms with Gasteiger partial charge in [0.15, 0.2) is 0 Å². The first kappa shape index (κ1) is 13.8. The number of hydrogen-bond acceptors (Lipinski definition) is 4. The van der Waals surface area contributed by atoms with Gasteiger partial charge in [0, 0.05) is 0 Å². The molecule has 1 aliphatic heterocycles. The number of nitrogens with two attached hydrogens (primary N) is 1. The number of ether oxygens (including phenoxy) is 1. The lowest BCUT2D eigenvalue weighted by Gasteiger charge is -2.32. The third kappa shape index (κ3) is 2.94. The number of benzene rings is 1. The molecule has 3 nitrogen and oxygen atoms in total. The van der Waals surface area contributed by atoms with E-state index in [2.05, 4.69) is 46.5 Å². The van der Waals surface area contributed by atoms with E-state index in [4.69, 9.17) is 10.6 Å². The monoisotopic (exact) mass is 288 g/mol. The largest absolute Gasteiger partial charge is 0.371 e. The molecule has 1 aromatic heterocycles. The second-order valence-corrected chi connectivity index (χ2v) is 5.96. The number of nitrogens with one attached hydrogen (secondary N) is 1. The first-order valence-corrected chi connectivity index (χ1v) is 7.99. The highest BCUT2D eigenvalue weighted by atomic mass is 32.1. The maximum Gasteiger partial charge on any atom is 0.0994 e. The van der Waals surface area contributed by atoms with Crippen LogP contribution >= 0.6 is 11.3 Å². The summed E-state index contributed by atoms with van der Waals surface area (Å²) in [4.78, 5) is 0. The molecule has 2 unspecified atom stereocenters. The van der Waals surface area contributed by atoms with Crippen LogP contribution in [-0.4, -0.2) is 12.6 Å². The molecule has 0 spiro atoms. The van der Waals surface area contributed by atoms with Gasteiger partial charge >= 0.3 is 0 Å². The van der Waals surface area contributed by atoms with Crippen molar-refractivity contribution < 1.29 is 4.74 Å². The van der Waals surface area contributed by atoms with E-state index in [-0.39, 0.29) is 12.1 Å². The lowest BCUT2D eigenvalue weighted by molar-refractivity contribution is 0.0133. The Kier molecular flexibility index (Phi) is 4.47. The van der Waals surface area contributed by atoms with E-state index in [0.29, 0.717) is 0 Å². The number of rotatable bonds is 5. The third-order valence-electron chi connectivity index (χ3n) is 3.93. The van der Waals surface area contributed by atoms with Crippen molar-refractivity contribution in [1.82, 2.24) is 5.43 Å². The van der Waals surface area contributed by atoms with E-state index >= 15 is 0 Å². The SMILES string of the molecule is NNC(CCc1ccsc1)C1OCCc2ccccc21. The highest BCUT2D eigenvalue weighted by molar-refractivity contribution is 7.07. The Balaban J connectivity index is 1.73. The van der Waals surface area contributed by atoms with E-state index in [1.807, 2.05) is 0 Å². The van der Waals surface area contributed by atoms with E-state index in [9.17, 15) is 0 Å². The molecule has 0 fully saturated rings. The van der Waals surface area contributed by atoms with Crippen molar-refractivity contribution in [1.29, 1.82) is 0 Å². The molecule has 3 N–H and O–H groups in total. The fourth-order valence-corrected chi connectivity index (χ4v) is 3.54. The number of thiophene rings is 1. The Hall–Kier alpha value is -1.20. The molecular formula is C16H20N2OS. The van der Waals surface area contributed by atoms with Gasteiger partial charge in [0.25, 0.3) is 0 Å². The van der Waals surface area contributed by atoms with Crippen LogP contribution in [0, 0.1) is 0 Å². The highest BCUT2D eigenvalue weighted by Crippen LogP contribution is 2.31. The van der Waals surface area contributed by atoms with E-state index in [1.54, 1.807) is 11.3 Å². The molecule has 4 heteroatoms. The van der Waals surface area contributed by atoms with Crippen LogP contribution in [0.2, 0.25) is 0 Å². The smallest absolute Gasteiger partial charge is 0.0994 e. The zero-order chi connectivity index (χ0) is 13.8. The molecule has 2 aromatic rings. The van der Waals surface area contributed by atoms with Gasteiger partial charge in [-0.15, -0.1) is 0 Å². The number of hydrazine groups is 1. The lowest BCUT2D eigenvalue weighted by Crippen LogP contribution is -2.42. The standard InChI is InChI=1S/C16H20N2OS/c17-18-15(6-5-12-8-10-20-11-12)16-14-4-2-1-3-13(14)7-9-19-16/h1-4,8,10-11,15-16,18H,5-7,9,17H2. The van der Waals surface area contributed by atoms with E-state index < -0.39 is 0 Å². The predicted octanol–water partition coefficient (Wildman–Crippen LogP) is 2.83. The minimum atomic E-state index is 0.0589. The topological polar surface area (TPSA) is 47.3 Å². The van der Waals surface area contributed by atoms with Gasteiger partial charge in [-0.2, -0.15) is 11.3 Å². The molecule has 1 aromatic carbocycles. The molecule has 0 bridgehead atoms. The van der Waals surface area contributed by atoms with Gasteiger partial charge < -0.3 is 4.74 Å². The summed E-state index contributed by atoms with van der Waals surface area (Å²) in [6.07, 6.45) is 3.06. The van der Waals surface area contributed by atoms with Crippen LogP contribution in [0.3, 0.4) is 0 Å².